The summed E-state index contributed by atoms with van der Waals surface area (Å²) in [5.41, 5.74) is 0.532. The minimum Gasteiger partial charge on any atom is -0.497 e. The third-order valence-electron chi connectivity index (χ3n) is 4.68. The molecule has 0 saturated carbocycles. The number of ether oxygens (including phenoxy) is 3. The van der Waals surface area contributed by atoms with Crippen LogP contribution in [-0.4, -0.2) is 45.1 Å². The first kappa shape index (κ1) is 17.7. The summed E-state index contributed by atoms with van der Waals surface area (Å²) >= 11 is 0. The highest BCUT2D eigenvalue weighted by atomic mass is 16.5. The van der Waals surface area contributed by atoms with E-state index in [0.717, 1.165) is 29.2 Å². The fourth-order valence-corrected chi connectivity index (χ4v) is 3.31. The van der Waals surface area contributed by atoms with Crippen LogP contribution < -0.4 is 14.8 Å². The van der Waals surface area contributed by atoms with E-state index in [1.807, 2.05) is 48.5 Å². The zero-order chi connectivity index (χ0) is 17.7. The lowest BCUT2D eigenvalue weighted by atomic mass is 9.81. The Kier molecular flexibility index (Phi) is 5.58. The molecule has 0 unspecified atom stereocenters. The highest BCUT2D eigenvalue weighted by molar-refractivity contribution is 5.42. The van der Waals surface area contributed by atoms with Crippen LogP contribution in [0.15, 0.2) is 48.5 Å². The molecule has 5 nitrogen and oxygen atoms in total. The van der Waals surface area contributed by atoms with Crippen molar-refractivity contribution < 1.29 is 19.3 Å². The average molecular weight is 343 g/mol. The molecule has 0 aromatic heterocycles. The van der Waals surface area contributed by atoms with E-state index in [1.165, 1.54) is 0 Å². The molecule has 1 heterocycles. The van der Waals surface area contributed by atoms with Crippen LogP contribution in [0, 0.1) is 0 Å². The predicted molar refractivity (Wildman–Crippen MR) is 96.2 cm³/mol. The van der Waals surface area contributed by atoms with Gasteiger partial charge in [0.25, 0.3) is 0 Å². The van der Waals surface area contributed by atoms with E-state index in [9.17, 15) is 5.11 Å². The molecule has 2 N–H and O–H groups in total. The van der Waals surface area contributed by atoms with Crippen LogP contribution in [0.2, 0.25) is 0 Å². The molecule has 0 radical (unpaired) electrons. The van der Waals surface area contributed by atoms with Gasteiger partial charge in [0.1, 0.15) is 23.2 Å². The Hall–Kier alpha value is -2.08. The fourth-order valence-electron chi connectivity index (χ4n) is 3.31. The molecule has 1 saturated heterocycles. The van der Waals surface area contributed by atoms with Gasteiger partial charge in [-0.25, -0.2) is 0 Å². The SMILES string of the molecule is COc1ccc(OC)c(C[C@@](O)(c2ccccc2)[C@@H]2CNCCO2)c1. The van der Waals surface area contributed by atoms with Gasteiger partial charge in [0.2, 0.25) is 0 Å². The Labute approximate surface area is 148 Å². The molecule has 0 aliphatic carbocycles. The van der Waals surface area contributed by atoms with E-state index in [4.69, 9.17) is 14.2 Å². The van der Waals surface area contributed by atoms with Crippen molar-refractivity contribution in [2.24, 2.45) is 0 Å². The first-order valence-electron chi connectivity index (χ1n) is 8.48. The number of rotatable bonds is 6. The van der Waals surface area contributed by atoms with Gasteiger partial charge >= 0.3 is 0 Å². The summed E-state index contributed by atoms with van der Waals surface area (Å²) in [6.07, 6.45) is 0.0172. The summed E-state index contributed by atoms with van der Waals surface area (Å²) in [4.78, 5) is 0. The number of methoxy groups -OCH3 is 2. The van der Waals surface area contributed by atoms with Crippen molar-refractivity contribution in [1.82, 2.24) is 5.32 Å². The standard InChI is InChI=1S/C20H25NO4/c1-23-17-8-9-18(24-2)15(12-17)13-20(22,16-6-4-3-5-7-16)19-14-21-10-11-25-19/h3-9,12,19,21-22H,10-11,13-14H2,1-2H3/t19-,20+/m0/s1. The minimum atomic E-state index is -1.17. The van der Waals surface area contributed by atoms with E-state index in [0.29, 0.717) is 19.6 Å². The van der Waals surface area contributed by atoms with Gasteiger partial charge in [-0.15, -0.1) is 0 Å². The monoisotopic (exact) mass is 343 g/mol. The summed E-state index contributed by atoms with van der Waals surface area (Å²) in [6.45, 7) is 1.97. The zero-order valence-corrected chi connectivity index (χ0v) is 14.7. The van der Waals surface area contributed by atoms with Crippen LogP contribution >= 0.6 is 0 Å². The predicted octanol–water partition coefficient (Wildman–Crippen LogP) is 2.12. The largest absolute Gasteiger partial charge is 0.497 e. The average Bonchev–Trinajstić information content (AvgIpc) is 2.69. The summed E-state index contributed by atoms with van der Waals surface area (Å²) in [5, 5.41) is 15.0. The van der Waals surface area contributed by atoms with Gasteiger partial charge in [-0.3, -0.25) is 0 Å². The van der Waals surface area contributed by atoms with Crippen molar-refractivity contribution in [2.45, 2.75) is 18.1 Å². The zero-order valence-electron chi connectivity index (χ0n) is 14.7. The molecular formula is C20H25NO4. The second-order valence-corrected chi connectivity index (χ2v) is 6.21. The Morgan fingerprint density at radius 1 is 1.16 bits per heavy atom. The highest BCUT2D eigenvalue weighted by Crippen LogP contribution is 2.36. The third kappa shape index (κ3) is 3.79. The molecule has 2 aromatic carbocycles. The van der Waals surface area contributed by atoms with Crippen LogP contribution in [0.4, 0.5) is 0 Å². The van der Waals surface area contributed by atoms with E-state index < -0.39 is 5.60 Å². The Bertz CT molecular complexity index is 685. The van der Waals surface area contributed by atoms with Gasteiger partial charge in [0.15, 0.2) is 0 Å². The number of nitrogens with one attached hydrogen (secondary N) is 1. The van der Waals surface area contributed by atoms with Gasteiger partial charge < -0.3 is 24.6 Å². The third-order valence-corrected chi connectivity index (χ3v) is 4.68. The van der Waals surface area contributed by atoms with Gasteiger partial charge in [-0.1, -0.05) is 30.3 Å². The van der Waals surface area contributed by atoms with Gasteiger partial charge in [-0.2, -0.15) is 0 Å². The lowest BCUT2D eigenvalue weighted by Gasteiger charge is -2.39. The summed E-state index contributed by atoms with van der Waals surface area (Å²) in [7, 11) is 3.26. The topological polar surface area (TPSA) is 60.0 Å². The first-order chi connectivity index (χ1) is 12.2. The number of morpholine rings is 1. The van der Waals surface area contributed by atoms with Crippen LogP contribution in [0.5, 0.6) is 11.5 Å². The molecule has 0 spiro atoms. The normalized spacial score (nSPS) is 19.9. The highest BCUT2D eigenvalue weighted by Gasteiger charge is 2.41. The Morgan fingerprint density at radius 3 is 2.60 bits per heavy atom. The lowest BCUT2D eigenvalue weighted by molar-refractivity contribution is -0.124. The molecule has 1 fully saturated rings. The van der Waals surface area contributed by atoms with Gasteiger partial charge in [0.05, 0.1) is 20.8 Å². The van der Waals surface area contributed by atoms with Gasteiger partial charge in [-0.05, 0) is 23.8 Å². The van der Waals surface area contributed by atoms with Gasteiger partial charge in [0, 0.05) is 25.1 Å². The summed E-state index contributed by atoms with van der Waals surface area (Å²) in [5.74, 6) is 1.45. The maximum atomic E-state index is 11.7. The number of aliphatic hydroxyl groups is 1. The quantitative estimate of drug-likeness (QED) is 0.841. The van der Waals surface area contributed by atoms with Crippen molar-refractivity contribution in [3.05, 3.63) is 59.7 Å². The van der Waals surface area contributed by atoms with E-state index in [1.54, 1.807) is 14.2 Å². The summed E-state index contributed by atoms with van der Waals surface area (Å²) < 4.78 is 16.7. The molecule has 134 valence electrons. The van der Waals surface area contributed by atoms with Crippen molar-refractivity contribution in [1.29, 1.82) is 0 Å². The molecule has 1 aliphatic heterocycles. The van der Waals surface area contributed by atoms with E-state index in [-0.39, 0.29) is 6.10 Å². The maximum Gasteiger partial charge on any atom is 0.122 e. The number of hydrogen-bond acceptors (Lipinski definition) is 5. The molecule has 0 amide bonds. The molecule has 2 atom stereocenters. The smallest absolute Gasteiger partial charge is 0.122 e. The van der Waals surface area contributed by atoms with Crippen LogP contribution in [0.1, 0.15) is 11.1 Å². The van der Waals surface area contributed by atoms with Crippen molar-refractivity contribution in [2.75, 3.05) is 33.9 Å². The second kappa shape index (κ2) is 7.87. The van der Waals surface area contributed by atoms with Crippen LogP contribution in [0.3, 0.4) is 0 Å². The maximum absolute atomic E-state index is 11.7. The molecule has 1 aliphatic rings. The number of hydrogen-bond donors (Lipinski definition) is 2. The molecule has 2 aromatic rings. The fraction of sp³-hybridized carbons (Fsp3) is 0.400. The van der Waals surface area contributed by atoms with Crippen molar-refractivity contribution >= 4 is 0 Å². The summed E-state index contributed by atoms with van der Waals surface area (Å²) in [6, 6.07) is 15.3. The Balaban J connectivity index is 2.01. The van der Waals surface area contributed by atoms with E-state index in [2.05, 4.69) is 5.32 Å². The second-order valence-electron chi connectivity index (χ2n) is 6.21. The van der Waals surface area contributed by atoms with Crippen molar-refractivity contribution in [3.8, 4) is 11.5 Å². The molecule has 0 bridgehead atoms. The molecule has 25 heavy (non-hydrogen) atoms. The van der Waals surface area contributed by atoms with Crippen LogP contribution in [-0.2, 0) is 16.8 Å². The minimum absolute atomic E-state index is 0.348. The lowest BCUT2D eigenvalue weighted by Crippen LogP contribution is -2.52. The van der Waals surface area contributed by atoms with Crippen LogP contribution in [0.25, 0.3) is 0 Å². The van der Waals surface area contributed by atoms with E-state index >= 15 is 0 Å². The molecule has 3 rings (SSSR count). The molecule has 5 heteroatoms. The molecular weight excluding hydrogens is 318 g/mol. The first-order valence-corrected chi connectivity index (χ1v) is 8.48. The number of benzene rings is 2. The van der Waals surface area contributed by atoms with Crippen molar-refractivity contribution in [3.63, 3.8) is 0 Å². The Morgan fingerprint density at radius 2 is 1.96 bits per heavy atom.